The van der Waals surface area contributed by atoms with Gasteiger partial charge in [-0.2, -0.15) is 0 Å². The minimum atomic E-state index is -1.33. The highest BCUT2D eigenvalue weighted by Gasteiger charge is 2.46. The molecule has 164 valence electrons. The van der Waals surface area contributed by atoms with Crippen LogP contribution in [0, 0.1) is 0 Å². The molecule has 3 rings (SSSR count). The van der Waals surface area contributed by atoms with Crippen LogP contribution in [0.25, 0.3) is 17.2 Å². The fourth-order valence-corrected chi connectivity index (χ4v) is 4.59. The molecule has 1 aliphatic heterocycles. The molecule has 6 heteroatoms. The first-order valence-electron chi connectivity index (χ1n) is 10.6. The molecule has 1 fully saturated rings. The Morgan fingerprint density at radius 3 is 2.52 bits per heavy atom. The van der Waals surface area contributed by atoms with E-state index in [2.05, 4.69) is 26.2 Å². The van der Waals surface area contributed by atoms with Gasteiger partial charge in [-0.05, 0) is 28.3 Å². The molecule has 0 bridgehead atoms. The average molecular weight is 438 g/mol. The number of amides is 1. The minimum Gasteiger partial charge on any atom is -0.450 e. The van der Waals surface area contributed by atoms with E-state index in [1.807, 2.05) is 54.6 Å². The fraction of sp³-hybridized carbons (Fsp3) is 0.360. The van der Waals surface area contributed by atoms with E-state index in [4.69, 9.17) is 4.74 Å². The van der Waals surface area contributed by atoms with E-state index in [-0.39, 0.29) is 13.0 Å². The number of aliphatic hydroxyl groups is 1. The van der Waals surface area contributed by atoms with Crippen LogP contribution in [0.3, 0.4) is 0 Å². The van der Waals surface area contributed by atoms with Crippen molar-refractivity contribution in [3.63, 3.8) is 0 Å². The van der Waals surface area contributed by atoms with Crippen molar-refractivity contribution >= 4 is 26.5 Å². The molecule has 0 spiro atoms. The van der Waals surface area contributed by atoms with Crippen LogP contribution in [-0.4, -0.2) is 49.7 Å². The lowest BCUT2D eigenvalue weighted by Crippen LogP contribution is -2.39. The number of benzene rings is 2. The van der Waals surface area contributed by atoms with Gasteiger partial charge < -0.3 is 14.6 Å². The first-order chi connectivity index (χ1) is 14.7. The van der Waals surface area contributed by atoms with Crippen molar-refractivity contribution in [2.75, 3.05) is 13.2 Å². The first-order valence-corrected chi connectivity index (χ1v) is 14.3. The molecule has 31 heavy (non-hydrogen) atoms. The third kappa shape index (κ3) is 5.32. The summed E-state index contributed by atoms with van der Waals surface area (Å²) in [7, 11) is -1.33. The van der Waals surface area contributed by atoms with Crippen molar-refractivity contribution in [1.29, 1.82) is 0 Å². The highest BCUT2D eigenvalue weighted by Crippen LogP contribution is 2.37. The van der Waals surface area contributed by atoms with Crippen LogP contribution in [0.5, 0.6) is 0 Å². The molecule has 1 aliphatic rings. The monoisotopic (exact) mass is 437 g/mol. The normalized spacial score (nSPS) is 21.0. The van der Waals surface area contributed by atoms with Gasteiger partial charge in [-0.3, -0.25) is 4.90 Å². The van der Waals surface area contributed by atoms with Crippen molar-refractivity contribution in [3.05, 3.63) is 66.2 Å². The quantitative estimate of drug-likeness (QED) is 0.493. The Morgan fingerprint density at radius 1 is 1.23 bits per heavy atom. The maximum atomic E-state index is 12.6. The zero-order chi connectivity index (χ0) is 22.6. The summed E-state index contributed by atoms with van der Waals surface area (Å²) < 4.78 is 5.41. The number of ether oxygens (including phenoxy) is 1. The lowest BCUT2D eigenvalue weighted by atomic mass is 9.89. The Balaban J connectivity index is 1.75. The van der Waals surface area contributed by atoms with Gasteiger partial charge in [0.2, 0.25) is 0 Å². The topological polar surface area (TPSA) is 66.8 Å². The van der Waals surface area contributed by atoms with Crippen molar-refractivity contribution < 1.29 is 19.4 Å². The van der Waals surface area contributed by atoms with Gasteiger partial charge in [-0.15, -0.1) is 0 Å². The van der Waals surface area contributed by atoms with Crippen molar-refractivity contribution in [1.82, 2.24) is 4.90 Å². The third-order valence-electron chi connectivity index (χ3n) is 5.76. The molecular weight excluding hydrogens is 406 g/mol. The zero-order valence-corrected chi connectivity index (χ0v) is 19.5. The van der Waals surface area contributed by atoms with Crippen molar-refractivity contribution in [2.24, 2.45) is 0 Å². The van der Waals surface area contributed by atoms with Crippen LogP contribution in [0.1, 0.15) is 17.5 Å². The predicted octanol–water partition coefficient (Wildman–Crippen LogP) is 4.93. The Bertz CT molecular complexity index is 951. The molecular formula is C25H31NO4Si. The summed E-state index contributed by atoms with van der Waals surface area (Å²) in [6, 6.07) is 15.7. The third-order valence-corrected chi connectivity index (χ3v) is 7.47. The van der Waals surface area contributed by atoms with Gasteiger partial charge in [0.1, 0.15) is 11.9 Å². The number of carbonyl (C=O) groups is 2. The first kappa shape index (κ1) is 23.0. The molecule has 5 nitrogen and oxygen atoms in total. The molecule has 1 N–H and O–H groups in total. The summed E-state index contributed by atoms with van der Waals surface area (Å²) in [5.41, 5.74) is 2.48. The maximum absolute atomic E-state index is 12.6. The van der Waals surface area contributed by atoms with Crippen molar-refractivity contribution in [2.45, 2.75) is 43.7 Å². The summed E-state index contributed by atoms with van der Waals surface area (Å²) in [6.07, 6.45) is 2.14. The number of β-amino-alcohol motifs (C(OH)–C–C–N with tert-alkyl or cyclic N) is 1. The lowest BCUT2D eigenvalue weighted by Gasteiger charge is -2.24. The summed E-state index contributed by atoms with van der Waals surface area (Å²) in [5.74, 6) is 0. The molecule has 2 aromatic rings. The van der Waals surface area contributed by atoms with Crippen molar-refractivity contribution in [3.8, 4) is 11.1 Å². The van der Waals surface area contributed by atoms with E-state index >= 15 is 0 Å². The van der Waals surface area contributed by atoms with E-state index in [0.29, 0.717) is 18.5 Å². The Kier molecular flexibility index (Phi) is 6.82. The Labute approximate surface area is 185 Å². The van der Waals surface area contributed by atoms with E-state index in [1.54, 1.807) is 0 Å². The van der Waals surface area contributed by atoms with Crippen LogP contribution in [-0.2, 0) is 15.1 Å². The van der Waals surface area contributed by atoms with E-state index in [1.165, 1.54) is 4.90 Å². The fourth-order valence-electron chi connectivity index (χ4n) is 3.88. The van der Waals surface area contributed by atoms with Crippen LogP contribution < -0.4 is 0 Å². The van der Waals surface area contributed by atoms with Gasteiger partial charge in [-0.1, -0.05) is 80.8 Å². The van der Waals surface area contributed by atoms with Crippen LogP contribution >= 0.6 is 0 Å². The zero-order valence-electron chi connectivity index (χ0n) is 18.5. The second-order valence-electron chi connectivity index (χ2n) is 9.36. The Morgan fingerprint density at radius 2 is 1.90 bits per heavy atom. The van der Waals surface area contributed by atoms with Gasteiger partial charge in [0.25, 0.3) is 0 Å². The number of hydrogen-bond donors (Lipinski definition) is 1. The summed E-state index contributed by atoms with van der Waals surface area (Å²) in [4.78, 5) is 25.5. The van der Waals surface area contributed by atoms with Gasteiger partial charge in [0, 0.05) is 14.5 Å². The molecule has 2 aromatic carbocycles. The number of aldehydes is 1. The standard InChI is InChI=1S/C25H31NO4Si/c1-5-19-8-6-7-9-23(19)20-10-12-21(13-11-20)25(29)16-22(17-27)26(18-25)24(28)30-14-15-31(2,3)4/h5-13,17,22,29H,1,14-16,18H2,2-4H3/t22-,25-/m0/s1. The largest absolute Gasteiger partial charge is 0.450 e. The second-order valence-corrected chi connectivity index (χ2v) is 15.0. The van der Waals surface area contributed by atoms with E-state index in [9.17, 15) is 14.7 Å². The molecule has 0 radical (unpaired) electrons. The maximum Gasteiger partial charge on any atom is 0.410 e. The molecule has 0 aliphatic carbocycles. The average Bonchev–Trinajstić information content (AvgIpc) is 3.11. The SMILES string of the molecule is C=Cc1ccccc1-c1ccc([C@]2(O)C[C@@H](C=O)N(C(=O)OCC[Si](C)(C)C)C2)cc1. The molecule has 1 amide bonds. The second kappa shape index (κ2) is 9.20. The summed E-state index contributed by atoms with van der Waals surface area (Å²) in [5, 5.41) is 11.3. The van der Waals surface area contributed by atoms with Crippen LogP contribution in [0.4, 0.5) is 4.79 Å². The predicted molar refractivity (Wildman–Crippen MR) is 127 cm³/mol. The molecule has 2 atom stereocenters. The van der Waals surface area contributed by atoms with Gasteiger partial charge in [0.05, 0.1) is 19.2 Å². The van der Waals surface area contributed by atoms with Gasteiger partial charge in [-0.25, -0.2) is 4.79 Å². The number of rotatable bonds is 7. The molecule has 1 saturated heterocycles. The molecule has 0 unspecified atom stereocenters. The molecule has 0 aromatic heterocycles. The number of likely N-dealkylation sites (tertiary alicyclic amines) is 1. The lowest BCUT2D eigenvalue weighted by molar-refractivity contribution is -0.111. The highest BCUT2D eigenvalue weighted by molar-refractivity contribution is 6.76. The smallest absolute Gasteiger partial charge is 0.410 e. The molecule has 0 saturated carbocycles. The summed E-state index contributed by atoms with van der Waals surface area (Å²) in [6.45, 7) is 10.9. The number of hydrogen-bond acceptors (Lipinski definition) is 4. The van der Waals surface area contributed by atoms with Crippen LogP contribution in [0.2, 0.25) is 25.7 Å². The number of nitrogens with zero attached hydrogens (tertiary/aromatic N) is 1. The van der Waals surface area contributed by atoms with Crippen LogP contribution in [0.15, 0.2) is 55.1 Å². The number of carbonyl (C=O) groups excluding carboxylic acids is 2. The Hall–Kier alpha value is -2.70. The highest BCUT2D eigenvalue weighted by atomic mass is 28.3. The van der Waals surface area contributed by atoms with Gasteiger partial charge in [0.15, 0.2) is 0 Å². The van der Waals surface area contributed by atoms with E-state index < -0.39 is 25.8 Å². The van der Waals surface area contributed by atoms with E-state index in [0.717, 1.165) is 22.7 Å². The van der Waals surface area contributed by atoms with Gasteiger partial charge >= 0.3 is 6.09 Å². The summed E-state index contributed by atoms with van der Waals surface area (Å²) >= 11 is 0. The minimum absolute atomic E-state index is 0.0325. The molecule has 1 heterocycles.